The molecular formula is C14H25NO3S. The second-order valence-corrected chi connectivity index (χ2v) is 6.15. The molecule has 5 heteroatoms. The Morgan fingerprint density at radius 3 is 2.58 bits per heavy atom. The summed E-state index contributed by atoms with van der Waals surface area (Å²) in [5, 5.41) is 13.1. The molecule has 0 bridgehead atoms. The highest BCUT2D eigenvalue weighted by Crippen LogP contribution is 2.22. The molecule has 1 heterocycles. The van der Waals surface area contributed by atoms with Crippen LogP contribution in [0.2, 0.25) is 0 Å². The molecule has 0 radical (unpaired) electrons. The number of carbonyl (C=O) groups excluding carboxylic acids is 2. The van der Waals surface area contributed by atoms with Crippen molar-refractivity contribution in [3.63, 3.8) is 0 Å². The first-order valence-corrected chi connectivity index (χ1v) is 7.66. The van der Waals surface area contributed by atoms with Gasteiger partial charge in [-0.25, -0.2) is 0 Å². The second kappa shape index (κ2) is 7.90. The summed E-state index contributed by atoms with van der Waals surface area (Å²) < 4.78 is 0. The van der Waals surface area contributed by atoms with Crippen LogP contribution in [0.15, 0.2) is 0 Å². The molecule has 4 unspecified atom stereocenters. The molecule has 1 aliphatic rings. The number of amides is 1. The molecule has 1 aliphatic heterocycles. The zero-order valence-electron chi connectivity index (χ0n) is 11.8. The van der Waals surface area contributed by atoms with Gasteiger partial charge in [0, 0.05) is 5.25 Å². The third kappa shape index (κ3) is 4.80. The van der Waals surface area contributed by atoms with Crippen molar-refractivity contribution in [1.29, 1.82) is 0 Å². The van der Waals surface area contributed by atoms with Crippen molar-refractivity contribution in [2.45, 2.75) is 69.8 Å². The normalized spacial score (nSPS) is 28.2. The van der Waals surface area contributed by atoms with Gasteiger partial charge in [-0.2, -0.15) is 12.6 Å². The Morgan fingerprint density at radius 1 is 1.42 bits per heavy atom. The van der Waals surface area contributed by atoms with Crippen LogP contribution < -0.4 is 5.32 Å². The lowest BCUT2D eigenvalue weighted by atomic mass is 9.94. The Balaban J connectivity index is 2.31. The molecule has 4 nitrogen and oxygen atoms in total. The molecule has 110 valence electrons. The minimum Gasteiger partial charge on any atom is -0.390 e. The zero-order chi connectivity index (χ0) is 14.4. The van der Waals surface area contributed by atoms with Crippen LogP contribution in [0, 0.1) is 5.92 Å². The van der Waals surface area contributed by atoms with Crippen molar-refractivity contribution in [3.8, 4) is 0 Å². The largest absolute Gasteiger partial charge is 0.390 e. The molecule has 1 rings (SSSR count). The summed E-state index contributed by atoms with van der Waals surface area (Å²) in [6.45, 7) is 3.51. The molecule has 0 aromatic heterocycles. The number of rotatable bonds is 8. The van der Waals surface area contributed by atoms with Gasteiger partial charge >= 0.3 is 0 Å². The highest BCUT2D eigenvalue weighted by molar-refractivity contribution is 7.80. The monoisotopic (exact) mass is 287 g/mol. The van der Waals surface area contributed by atoms with Gasteiger partial charge in [0.2, 0.25) is 5.91 Å². The van der Waals surface area contributed by atoms with Crippen molar-refractivity contribution >= 4 is 24.3 Å². The van der Waals surface area contributed by atoms with Crippen LogP contribution in [0.3, 0.4) is 0 Å². The summed E-state index contributed by atoms with van der Waals surface area (Å²) in [6, 6.07) is -0.284. The molecule has 4 atom stereocenters. The number of Topliss-reactive ketones (excluding diaryl/α,β-unsaturated/α-hetero) is 1. The minimum absolute atomic E-state index is 0.262. The number of unbranched alkanes of at least 4 members (excludes halogenated alkanes) is 1. The van der Waals surface area contributed by atoms with E-state index in [4.69, 9.17) is 0 Å². The Labute approximate surface area is 120 Å². The molecule has 0 aromatic rings. The summed E-state index contributed by atoms with van der Waals surface area (Å²) in [5.41, 5.74) is 0. The van der Waals surface area contributed by atoms with Crippen LogP contribution in [0.25, 0.3) is 0 Å². The van der Waals surface area contributed by atoms with E-state index in [2.05, 4.69) is 24.9 Å². The van der Waals surface area contributed by atoms with E-state index in [0.29, 0.717) is 11.7 Å². The van der Waals surface area contributed by atoms with Gasteiger partial charge in [0.15, 0.2) is 0 Å². The van der Waals surface area contributed by atoms with Gasteiger partial charge in [-0.15, -0.1) is 0 Å². The topological polar surface area (TPSA) is 66.4 Å². The zero-order valence-corrected chi connectivity index (χ0v) is 12.7. The van der Waals surface area contributed by atoms with Gasteiger partial charge in [-0.05, 0) is 26.2 Å². The van der Waals surface area contributed by atoms with Crippen LogP contribution in [-0.2, 0) is 9.59 Å². The number of hydrogen-bond acceptors (Lipinski definition) is 4. The molecular weight excluding hydrogens is 262 g/mol. The third-order valence-electron chi connectivity index (χ3n) is 3.75. The summed E-state index contributed by atoms with van der Waals surface area (Å²) in [5.74, 6) is -1.47. The number of ketones is 1. The van der Waals surface area contributed by atoms with E-state index < -0.39 is 12.0 Å². The van der Waals surface area contributed by atoms with Crippen LogP contribution in [0.5, 0.6) is 0 Å². The predicted octanol–water partition coefficient (Wildman–Crippen LogP) is 1.71. The molecule has 19 heavy (non-hydrogen) atoms. The van der Waals surface area contributed by atoms with Crippen LogP contribution >= 0.6 is 12.6 Å². The second-order valence-electron chi connectivity index (χ2n) is 5.42. The average molecular weight is 287 g/mol. The van der Waals surface area contributed by atoms with Gasteiger partial charge < -0.3 is 10.4 Å². The molecule has 1 saturated heterocycles. The summed E-state index contributed by atoms with van der Waals surface area (Å²) in [7, 11) is 0. The standard InChI is InChI=1S/C14H25NO3S/c1-3-4-6-10(19)7-5-8-11-13(17)12(9(2)16)14(18)15-11/h10-13,17,19H,3-8H2,1-2H3,(H,15,18). The maximum Gasteiger partial charge on any atom is 0.233 e. The maximum atomic E-state index is 11.6. The van der Waals surface area contributed by atoms with Crippen LogP contribution in [-0.4, -0.2) is 34.2 Å². The third-order valence-corrected chi connectivity index (χ3v) is 4.26. The van der Waals surface area contributed by atoms with Crippen molar-refractivity contribution in [2.75, 3.05) is 0 Å². The summed E-state index contributed by atoms with van der Waals surface area (Å²) >= 11 is 4.53. The van der Waals surface area contributed by atoms with Crippen LogP contribution in [0.1, 0.15) is 52.4 Å². The van der Waals surface area contributed by atoms with E-state index in [1.165, 1.54) is 19.8 Å². The number of aliphatic hydroxyl groups is 1. The summed E-state index contributed by atoms with van der Waals surface area (Å²) in [4.78, 5) is 22.8. The Morgan fingerprint density at radius 2 is 2.05 bits per heavy atom. The lowest BCUT2D eigenvalue weighted by Crippen LogP contribution is -2.33. The first kappa shape index (κ1) is 16.5. The fourth-order valence-electron chi connectivity index (χ4n) is 2.57. The van der Waals surface area contributed by atoms with Crippen molar-refractivity contribution in [3.05, 3.63) is 0 Å². The molecule has 0 aromatic carbocycles. The molecule has 2 N–H and O–H groups in total. The predicted molar refractivity (Wildman–Crippen MR) is 78.3 cm³/mol. The molecule has 1 amide bonds. The van der Waals surface area contributed by atoms with Crippen molar-refractivity contribution < 1.29 is 14.7 Å². The minimum atomic E-state index is -0.878. The fraction of sp³-hybridized carbons (Fsp3) is 0.857. The Bertz CT molecular complexity index is 322. The molecule has 1 fully saturated rings. The molecule has 0 aliphatic carbocycles. The van der Waals surface area contributed by atoms with E-state index in [1.54, 1.807) is 0 Å². The molecule has 0 spiro atoms. The number of thiol groups is 1. The lowest BCUT2D eigenvalue weighted by Gasteiger charge is -2.17. The van der Waals surface area contributed by atoms with Gasteiger partial charge in [-0.1, -0.05) is 26.2 Å². The van der Waals surface area contributed by atoms with Gasteiger partial charge in [0.05, 0.1) is 12.1 Å². The van der Waals surface area contributed by atoms with E-state index in [0.717, 1.165) is 19.3 Å². The fourth-order valence-corrected chi connectivity index (χ4v) is 2.94. The van der Waals surface area contributed by atoms with Crippen molar-refractivity contribution in [2.24, 2.45) is 5.92 Å². The van der Waals surface area contributed by atoms with Gasteiger partial charge in [0.1, 0.15) is 11.7 Å². The number of nitrogens with one attached hydrogen (secondary N) is 1. The van der Waals surface area contributed by atoms with Crippen LogP contribution in [0.4, 0.5) is 0 Å². The van der Waals surface area contributed by atoms with E-state index in [-0.39, 0.29) is 17.7 Å². The highest BCUT2D eigenvalue weighted by Gasteiger charge is 2.43. The number of hydrogen-bond donors (Lipinski definition) is 3. The van der Waals surface area contributed by atoms with E-state index in [1.807, 2.05) is 0 Å². The number of aliphatic hydroxyl groups excluding tert-OH is 1. The van der Waals surface area contributed by atoms with Gasteiger partial charge in [-0.3, -0.25) is 9.59 Å². The molecule has 0 saturated carbocycles. The smallest absolute Gasteiger partial charge is 0.233 e. The Hall–Kier alpha value is -0.550. The maximum absolute atomic E-state index is 11.6. The Kier molecular flexibility index (Phi) is 6.86. The SMILES string of the molecule is CCCCC(S)CCCC1NC(=O)C(C(C)=O)C1O. The lowest BCUT2D eigenvalue weighted by molar-refractivity contribution is -0.132. The van der Waals surface area contributed by atoms with Crippen molar-refractivity contribution in [1.82, 2.24) is 5.32 Å². The van der Waals surface area contributed by atoms with E-state index >= 15 is 0 Å². The van der Waals surface area contributed by atoms with Gasteiger partial charge in [0.25, 0.3) is 0 Å². The summed E-state index contributed by atoms with van der Waals surface area (Å²) in [6.07, 6.45) is 5.18. The first-order chi connectivity index (χ1) is 8.97. The average Bonchev–Trinajstić information content (AvgIpc) is 2.62. The quantitative estimate of drug-likeness (QED) is 0.470. The first-order valence-electron chi connectivity index (χ1n) is 7.14. The van der Waals surface area contributed by atoms with E-state index in [9.17, 15) is 14.7 Å². The number of carbonyl (C=O) groups is 2. The highest BCUT2D eigenvalue weighted by atomic mass is 32.1.